The molecule has 1 amide bonds. The third-order valence-corrected chi connectivity index (χ3v) is 7.48. The smallest absolute Gasteiger partial charge is 0.246 e. The van der Waals surface area contributed by atoms with Gasteiger partial charge in [0.25, 0.3) is 0 Å². The Morgan fingerprint density at radius 2 is 1.57 bits per heavy atom. The van der Waals surface area contributed by atoms with Crippen LogP contribution in [0.5, 0.6) is 0 Å². The second-order valence-corrected chi connectivity index (χ2v) is 9.92. The van der Waals surface area contributed by atoms with E-state index in [1.54, 1.807) is 11.3 Å². The van der Waals surface area contributed by atoms with Gasteiger partial charge in [-0.2, -0.15) is 0 Å². The molecule has 0 fully saturated rings. The van der Waals surface area contributed by atoms with Crippen molar-refractivity contribution in [2.45, 2.75) is 26.1 Å². The number of para-hydroxylation sites is 2. The fourth-order valence-electron chi connectivity index (χ4n) is 4.83. The standard InChI is InChI=1S/C28H24N4O2S/c33-26(18-32-23-12-6-4-10-20(23)27(34)21-11-5-7-13-24(21)32)30-28-29-22-14-15-31(17-25(22)35-28)16-19-8-2-1-3-9-19/h1-13H,14-18H2,(H,29,30,33). The number of hydrogen-bond donors (Lipinski definition) is 1. The normalized spacial score (nSPS) is 13.7. The molecule has 7 heteroatoms. The predicted octanol–water partition coefficient (Wildman–Crippen LogP) is 4.81. The Kier molecular flexibility index (Phi) is 5.64. The van der Waals surface area contributed by atoms with Crippen LogP contribution in [-0.4, -0.2) is 26.9 Å². The van der Waals surface area contributed by atoms with Crippen molar-refractivity contribution in [1.82, 2.24) is 14.5 Å². The average molecular weight is 481 g/mol. The van der Waals surface area contributed by atoms with Crippen molar-refractivity contribution in [1.29, 1.82) is 0 Å². The van der Waals surface area contributed by atoms with E-state index in [0.29, 0.717) is 15.9 Å². The Bertz CT molecular complexity index is 1550. The van der Waals surface area contributed by atoms with E-state index in [9.17, 15) is 9.59 Å². The van der Waals surface area contributed by atoms with Gasteiger partial charge in [-0.3, -0.25) is 14.5 Å². The summed E-state index contributed by atoms with van der Waals surface area (Å²) in [6, 6.07) is 25.4. The molecule has 0 bridgehead atoms. The molecule has 174 valence electrons. The van der Waals surface area contributed by atoms with E-state index in [4.69, 9.17) is 4.98 Å². The number of rotatable bonds is 5. The molecule has 6 rings (SSSR count). The summed E-state index contributed by atoms with van der Waals surface area (Å²) in [6.45, 7) is 2.80. The molecule has 0 saturated heterocycles. The molecule has 0 atom stereocenters. The predicted molar refractivity (Wildman–Crippen MR) is 141 cm³/mol. The van der Waals surface area contributed by atoms with Gasteiger partial charge in [-0.1, -0.05) is 54.6 Å². The molecule has 0 aliphatic carbocycles. The second-order valence-electron chi connectivity index (χ2n) is 8.83. The Hall–Kier alpha value is -3.81. The number of aromatic nitrogens is 2. The maximum absolute atomic E-state index is 13.1. The van der Waals surface area contributed by atoms with Crippen molar-refractivity contribution in [2.75, 3.05) is 11.9 Å². The van der Waals surface area contributed by atoms with Crippen LogP contribution in [0.4, 0.5) is 5.13 Å². The maximum atomic E-state index is 13.1. The Balaban J connectivity index is 1.23. The molecule has 0 spiro atoms. The second kappa shape index (κ2) is 9.09. The number of fused-ring (bicyclic) bond motifs is 3. The van der Waals surface area contributed by atoms with Gasteiger partial charge in [-0.05, 0) is 29.8 Å². The summed E-state index contributed by atoms with van der Waals surface area (Å²) < 4.78 is 1.91. The van der Waals surface area contributed by atoms with Gasteiger partial charge in [-0.15, -0.1) is 11.3 Å². The number of benzene rings is 3. The van der Waals surface area contributed by atoms with Crippen molar-refractivity contribution in [3.8, 4) is 0 Å². The van der Waals surface area contributed by atoms with Crippen LogP contribution in [0.1, 0.15) is 16.1 Å². The van der Waals surface area contributed by atoms with Crippen LogP contribution >= 0.6 is 11.3 Å². The summed E-state index contributed by atoms with van der Waals surface area (Å²) in [5.41, 5.74) is 3.87. The minimum atomic E-state index is -0.156. The highest BCUT2D eigenvalue weighted by atomic mass is 32.1. The lowest BCUT2D eigenvalue weighted by Gasteiger charge is -2.25. The van der Waals surface area contributed by atoms with Crippen LogP contribution in [0.2, 0.25) is 0 Å². The highest BCUT2D eigenvalue weighted by Gasteiger charge is 2.22. The van der Waals surface area contributed by atoms with Gasteiger partial charge in [0.15, 0.2) is 10.6 Å². The van der Waals surface area contributed by atoms with E-state index in [-0.39, 0.29) is 17.9 Å². The number of pyridine rings is 1. The highest BCUT2D eigenvalue weighted by molar-refractivity contribution is 7.15. The van der Waals surface area contributed by atoms with Crippen LogP contribution in [0.25, 0.3) is 21.8 Å². The third kappa shape index (κ3) is 4.24. The molecule has 0 unspecified atom stereocenters. The van der Waals surface area contributed by atoms with Crippen molar-refractivity contribution in [2.24, 2.45) is 0 Å². The summed E-state index contributed by atoms with van der Waals surface area (Å²) in [5.74, 6) is -0.156. The zero-order valence-corrected chi connectivity index (χ0v) is 19.9. The Morgan fingerprint density at radius 1 is 0.914 bits per heavy atom. The van der Waals surface area contributed by atoms with Gasteiger partial charge in [0.1, 0.15) is 6.54 Å². The molecule has 0 radical (unpaired) electrons. The number of carbonyl (C=O) groups excluding carboxylic acids is 1. The monoisotopic (exact) mass is 480 g/mol. The zero-order chi connectivity index (χ0) is 23.8. The Labute approximate surface area is 206 Å². The van der Waals surface area contributed by atoms with E-state index >= 15 is 0 Å². The van der Waals surface area contributed by atoms with Gasteiger partial charge < -0.3 is 9.88 Å². The third-order valence-electron chi connectivity index (χ3n) is 6.49. The first-order valence-corrected chi connectivity index (χ1v) is 12.5. The fourth-order valence-corrected chi connectivity index (χ4v) is 5.89. The van der Waals surface area contributed by atoms with Crippen molar-refractivity contribution >= 4 is 44.2 Å². The van der Waals surface area contributed by atoms with E-state index in [1.807, 2.05) is 59.2 Å². The number of thiazole rings is 1. The highest BCUT2D eigenvalue weighted by Crippen LogP contribution is 2.29. The summed E-state index contributed by atoms with van der Waals surface area (Å²) in [6.07, 6.45) is 0.878. The minimum absolute atomic E-state index is 0.0134. The molecule has 5 aromatic rings. The first-order valence-electron chi connectivity index (χ1n) is 11.7. The van der Waals surface area contributed by atoms with Crippen molar-refractivity contribution in [3.63, 3.8) is 0 Å². The lowest BCUT2D eigenvalue weighted by Crippen LogP contribution is -2.29. The molecule has 2 aromatic heterocycles. The Morgan fingerprint density at radius 3 is 2.29 bits per heavy atom. The van der Waals surface area contributed by atoms with Crippen LogP contribution in [0.15, 0.2) is 83.7 Å². The summed E-state index contributed by atoms with van der Waals surface area (Å²) in [7, 11) is 0. The average Bonchev–Trinajstić information content (AvgIpc) is 3.28. The lowest BCUT2D eigenvalue weighted by atomic mass is 10.1. The maximum Gasteiger partial charge on any atom is 0.246 e. The number of amides is 1. The molecule has 35 heavy (non-hydrogen) atoms. The summed E-state index contributed by atoms with van der Waals surface area (Å²) in [4.78, 5) is 34.4. The van der Waals surface area contributed by atoms with E-state index in [2.05, 4.69) is 34.5 Å². The van der Waals surface area contributed by atoms with Crippen LogP contribution in [0.3, 0.4) is 0 Å². The zero-order valence-electron chi connectivity index (χ0n) is 19.1. The van der Waals surface area contributed by atoms with Crippen molar-refractivity contribution in [3.05, 3.63) is 105 Å². The summed E-state index contributed by atoms with van der Waals surface area (Å²) >= 11 is 1.55. The quantitative estimate of drug-likeness (QED) is 0.367. The topological polar surface area (TPSA) is 67.2 Å². The van der Waals surface area contributed by atoms with Gasteiger partial charge in [0, 0.05) is 41.7 Å². The number of hydrogen-bond acceptors (Lipinski definition) is 5. The number of carbonyl (C=O) groups is 1. The van der Waals surface area contributed by atoms with Gasteiger partial charge in [-0.25, -0.2) is 4.98 Å². The minimum Gasteiger partial charge on any atom is -0.331 e. The summed E-state index contributed by atoms with van der Waals surface area (Å²) in [5, 5.41) is 4.87. The number of nitrogens with zero attached hydrogens (tertiary/aromatic N) is 3. The molecule has 1 N–H and O–H groups in total. The lowest BCUT2D eigenvalue weighted by molar-refractivity contribution is -0.116. The molecule has 6 nitrogen and oxygen atoms in total. The van der Waals surface area contributed by atoms with Crippen LogP contribution < -0.4 is 10.7 Å². The van der Waals surface area contributed by atoms with E-state index in [0.717, 1.165) is 42.8 Å². The fraction of sp³-hybridized carbons (Fsp3) is 0.179. The molecule has 3 aromatic carbocycles. The van der Waals surface area contributed by atoms with Gasteiger partial charge >= 0.3 is 0 Å². The van der Waals surface area contributed by atoms with Crippen molar-refractivity contribution < 1.29 is 4.79 Å². The number of nitrogens with one attached hydrogen (secondary N) is 1. The molecule has 1 aliphatic heterocycles. The van der Waals surface area contributed by atoms with Crippen LogP contribution in [-0.2, 0) is 30.8 Å². The van der Waals surface area contributed by atoms with Gasteiger partial charge in [0.05, 0.1) is 16.7 Å². The molecule has 3 heterocycles. The van der Waals surface area contributed by atoms with Crippen LogP contribution in [0, 0.1) is 0 Å². The molecular weight excluding hydrogens is 456 g/mol. The SMILES string of the molecule is O=C(Cn1c2ccccc2c(=O)c2ccccc21)Nc1nc2c(s1)CN(Cc1ccccc1)CC2. The first-order chi connectivity index (χ1) is 17.2. The van der Waals surface area contributed by atoms with E-state index in [1.165, 1.54) is 10.4 Å². The molecule has 1 aliphatic rings. The molecular formula is C28H24N4O2S. The van der Waals surface area contributed by atoms with E-state index < -0.39 is 0 Å². The largest absolute Gasteiger partial charge is 0.331 e. The first kappa shape index (κ1) is 21.7. The van der Waals surface area contributed by atoms with Gasteiger partial charge in [0.2, 0.25) is 5.91 Å². The number of anilines is 1. The molecule has 0 saturated carbocycles.